The zero-order valence-corrected chi connectivity index (χ0v) is 11.6. The van der Waals surface area contributed by atoms with Crippen molar-refractivity contribution in [2.75, 3.05) is 7.11 Å². The Labute approximate surface area is 114 Å². The largest absolute Gasteiger partial charge is 0.497 e. The van der Waals surface area contributed by atoms with Crippen LogP contribution < -0.4 is 4.74 Å². The van der Waals surface area contributed by atoms with Gasteiger partial charge in [-0.3, -0.25) is 4.79 Å². The lowest BCUT2D eigenvalue weighted by Gasteiger charge is -2.10. The molecule has 0 fully saturated rings. The second-order valence-corrected chi connectivity index (χ2v) is 4.51. The van der Waals surface area contributed by atoms with E-state index in [0.29, 0.717) is 0 Å². The fourth-order valence-electron chi connectivity index (χ4n) is 2.16. The minimum atomic E-state index is 0.0944. The first kappa shape index (κ1) is 13.3. The zero-order valence-electron chi connectivity index (χ0n) is 11.6. The van der Waals surface area contributed by atoms with Crippen molar-refractivity contribution >= 4 is 5.78 Å². The van der Waals surface area contributed by atoms with E-state index in [4.69, 9.17) is 4.74 Å². The van der Waals surface area contributed by atoms with E-state index in [1.165, 1.54) is 11.1 Å². The van der Waals surface area contributed by atoms with Crippen molar-refractivity contribution in [3.8, 4) is 16.9 Å². The van der Waals surface area contributed by atoms with E-state index >= 15 is 0 Å². The molecule has 2 rings (SSSR count). The first-order chi connectivity index (χ1) is 9.15. The number of ketones is 1. The van der Waals surface area contributed by atoms with Crippen LogP contribution in [-0.2, 0) is 6.42 Å². The molecule has 0 aliphatic carbocycles. The van der Waals surface area contributed by atoms with Crippen molar-refractivity contribution < 1.29 is 9.53 Å². The van der Waals surface area contributed by atoms with Crippen molar-refractivity contribution in [2.24, 2.45) is 0 Å². The van der Waals surface area contributed by atoms with Crippen molar-refractivity contribution in [3.63, 3.8) is 0 Å². The van der Waals surface area contributed by atoms with Crippen molar-refractivity contribution in [2.45, 2.75) is 20.3 Å². The Morgan fingerprint density at radius 2 is 1.79 bits per heavy atom. The predicted molar refractivity (Wildman–Crippen MR) is 77.8 cm³/mol. The van der Waals surface area contributed by atoms with Crippen LogP contribution in [0.15, 0.2) is 42.5 Å². The molecule has 0 heterocycles. The Morgan fingerprint density at radius 3 is 2.32 bits per heavy atom. The van der Waals surface area contributed by atoms with Gasteiger partial charge in [0, 0.05) is 5.56 Å². The van der Waals surface area contributed by atoms with Crippen LogP contribution in [0.3, 0.4) is 0 Å². The topological polar surface area (TPSA) is 26.3 Å². The maximum atomic E-state index is 11.3. The second-order valence-electron chi connectivity index (χ2n) is 4.51. The number of hydrogen-bond donors (Lipinski definition) is 0. The lowest BCUT2D eigenvalue weighted by Crippen LogP contribution is -1.93. The first-order valence-corrected chi connectivity index (χ1v) is 6.44. The highest BCUT2D eigenvalue weighted by Gasteiger charge is 2.06. The van der Waals surface area contributed by atoms with Crippen LogP contribution in [0.2, 0.25) is 0 Å². The fraction of sp³-hybridized carbons (Fsp3) is 0.235. The van der Waals surface area contributed by atoms with Crippen LogP contribution in [0.25, 0.3) is 11.1 Å². The molecule has 0 amide bonds. The molecule has 2 aromatic carbocycles. The van der Waals surface area contributed by atoms with Crippen LogP contribution in [0.1, 0.15) is 29.8 Å². The van der Waals surface area contributed by atoms with Gasteiger partial charge >= 0.3 is 0 Å². The fourth-order valence-corrected chi connectivity index (χ4v) is 2.16. The third-order valence-corrected chi connectivity index (χ3v) is 3.30. The monoisotopic (exact) mass is 254 g/mol. The van der Waals surface area contributed by atoms with Crippen molar-refractivity contribution in [3.05, 3.63) is 53.6 Å². The molecular formula is C17H18O2. The van der Waals surface area contributed by atoms with Gasteiger partial charge in [0.15, 0.2) is 5.78 Å². The Bertz CT molecular complexity index is 583. The molecular weight excluding hydrogens is 236 g/mol. The number of hydrogen-bond acceptors (Lipinski definition) is 2. The van der Waals surface area contributed by atoms with E-state index in [-0.39, 0.29) is 5.78 Å². The van der Waals surface area contributed by atoms with Gasteiger partial charge in [0.1, 0.15) is 5.75 Å². The number of carbonyl (C=O) groups is 1. The van der Waals surface area contributed by atoms with Crippen LogP contribution in [-0.4, -0.2) is 12.9 Å². The minimum absolute atomic E-state index is 0.0944. The van der Waals surface area contributed by atoms with Gasteiger partial charge in [-0.1, -0.05) is 37.3 Å². The third kappa shape index (κ3) is 2.84. The summed E-state index contributed by atoms with van der Waals surface area (Å²) in [5.74, 6) is 0.970. The van der Waals surface area contributed by atoms with Gasteiger partial charge < -0.3 is 4.74 Å². The quantitative estimate of drug-likeness (QED) is 0.767. The summed E-state index contributed by atoms with van der Waals surface area (Å²) in [6, 6.07) is 13.8. The maximum Gasteiger partial charge on any atom is 0.159 e. The molecule has 0 saturated heterocycles. The van der Waals surface area contributed by atoms with Crippen molar-refractivity contribution in [1.29, 1.82) is 0 Å². The zero-order chi connectivity index (χ0) is 13.8. The van der Waals surface area contributed by atoms with Crippen molar-refractivity contribution in [1.82, 2.24) is 0 Å². The van der Waals surface area contributed by atoms with E-state index in [9.17, 15) is 4.79 Å². The molecule has 0 unspecified atom stereocenters. The lowest BCUT2D eigenvalue weighted by molar-refractivity contribution is 0.101. The molecule has 0 aliphatic heterocycles. The summed E-state index contributed by atoms with van der Waals surface area (Å²) in [6.07, 6.45) is 0.945. The molecule has 0 radical (unpaired) electrons. The summed E-state index contributed by atoms with van der Waals surface area (Å²) < 4.78 is 5.25. The average molecular weight is 254 g/mol. The molecule has 2 nitrogen and oxygen atoms in total. The maximum absolute atomic E-state index is 11.3. The standard InChI is InChI=1S/C17H18O2/c1-4-13-11-16(19-3)9-10-17(13)15-7-5-14(6-8-15)12(2)18/h5-11H,4H2,1-3H3. The summed E-state index contributed by atoms with van der Waals surface area (Å²) in [6.45, 7) is 3.71. The molecule has 0 bridgehead atoms. The van der Waals surface area contributed by atoms with E-state index in [1.807, 2.05) is 30.3 Å². The normalized spacial score (nSPS) is 10.3. The van der Waals surface area contributed by atoms with E-state index in [1.54, 1.807) is 14.0 Å². The van der Waals surface area contributed by atoms with Gasteiger partial charge in [0.25, 0.3) is 0 Å². The lowest BCUT2D eigenvalue weighted by atomic mass is 9.96. The third-order valence-electron chi connectivity index (χ3n) is 3.30. The summed E-state index contributed by atoms with van der Waals surface area (Å²) >= 11 is 0. The van der Waals surface area contributed by atoms with Gasteiger partial charge in [-0.05, 0) is 42.2 Å². The number of rotatable bonds is 4. The number of ether oxygens (including phenoxy) is 1. The number of benzene rings is 2. The predicted octanol–water partition coefficient (Wildman–Crippen LogP) is 4.13. The molecule has 19 heavy (non-hydrogen) atoms. The van der Waals surface area contributed by atoms with E-state index in [2.05, 4.69) is 19.1 Å². The highest BCUT2D eigenvalue weighted by Crippen LogP contribution is 2.28. The number of Topliss-reactive ketones (excluding diaryl/α,β-unsaturated/α-hetero) is 1. The molecule has 98 valence electrons. The smallest absolute Gasteiger partial charge is 0.159 e. The average Bonchev–Trinajstić information content (AvgIpc) is 2.46. The molecule has 0 aromatic heterocycles. The number of aryl methyl sites for hydroxylation is 1. The summed E-state index contributed by atoms with van der Waals surface area (Å²) in [5.41, 5.74) is 4.31. The van der Waals surface area contributed by atoms with E-state index < -0.39 is 0 Å². The molecule has 0 aliphatic rings. The molecule has 2 heteroatoms. The highest BCUT2D eigenvalue weighted by atomic mass is 16.5. The van der Waals surface area contributed by atoms with Crippen LogP contribution in [0.4, 0.5) is 0 Å². The Morgan fingerprint density at radius 1 is 1.11 bits per heavy atom. The van der Waals surface area contributed by atoms with Crippen LogP contribution in [0.5, 0.6) is 5.75 Å². The van der Waals surface area contributed by atoms with Gasteiger partial charge in [0.2, 0.25) is 0 Å². The SMILES string of the molecule is CCc1cc(OC)ccc1-c1ccc(C(C)=O)cc1. The first-order valence-electron chi connectivity index (χ1n) is 6.44. The molecule has 2 aromatic rings. The summed E-state index contributed by atoms with van der Waals surface area (Å²) in [5, 5.41) is 0. The van der Waals surface area contributed by atoms with Crippen LogP contribution in [0, 0.1) is 0 Å². The Balaban J connectivity index is 2.43. The molecule has 0 atom stereocenters. The van der Waals surface area contributed by atoms with Gasteiger partial charge in [-0.15, -0.1) is 0 Å². The molecule has 0 N–H and O–H groups in total. The summed E-state index contributed by atoms with van der Waals surface area (Å²) in [7, 11) is 1.68. The second kappa shape index (κ2) is 5.70. The Hall–Kier alpha value is -2.09. The summed E-state index contributed by atoms with van der Waals surface area (Å²) in [4.78, 5) is 11.3. The minimum Gasteiger partial charge on any atom is -0.497 e. The number of carbonyl (C=O) groups excluding carboxylic acids is 1. The molecule has 0 saturated carbocycles. The number of methoxy groups -OCH3 is 1. The Kier molecular flexibility index (Phi) is 4.00. The highest BCUT2D eigenvalue weighted by molar-refractivity contribution is 5.94. The van der Waals surface area contributed by atoms with Gasteiger partial charge in [-0.25, -0.2) is 0 Å². The van der Waals surface area contributed by atoms with E-state index in [0.717, 1.165) is 23.3 Å². The molecule has 0 spiro atoms. The van der Waals surface area contributed by atoms with Gasteiger partial charge in [0.05, 0.1) is 7.11 Å². The van der Waals surface area contributed by atoms with Crippen LogP contribution >= 0.6 is 0 Å². The van der Waals surface area contributed by atoms with Gasteiger partial charge in [-0.2, -0.15) is 0 Å².